The third-order valence-corrected chi connectivity index (χ3v) is 4.52. The molecule has 0 aromatic carbocycles. The molecule has 1 saturated carbocycles. The van der Waals surface area contributed by atoms with E-state index in [0.717, 1.165) is 37.7 Å². The largest absolute Gasteiger partial charge is 0.478 e. The van der Waals surface area contributed by atoms with E-state index >= 15 is 0 Å². The van der Waals surface area contributed by atoms with Crippen LogP contribution in [-0.4, -0.2) is 29.7 Å². The van der Waals surface area contributed by atoms with Crippen LogP contribution in [0.3, 0.4) is 0 Å². The first-order valence-corrected chi connectivity index (χ1v) is 9.05. The summed E-state index contributed by atoms with van der Waals surface area (Å²) in [6, 6.07) is 1.90. The van der Waals surface area contributed by atoms with Crippen molar-refractivity contribution in [2.75, 3.05) is 18.5 Å². The Morgan fingerprint density at radius 2 is 2.25 bits per heavy atom. The van der Waals surface area contributed by atoms with Crippen molar-refractivity contribution >= 4 is 11.6 Å². The van der Waals surface area contributed by atoms with Gasteiger partial charge < -0.3 is 14.8 Å². The molecule has 1 aromatic rings. The molecule has 1 aliphatic rings. The number of aryl methyl sites for hydroxylation is 1. The minimum Gasteiger partial charge on any atom is -0.478 e. The lowest BCUT2D eigenvalue weighted by atomic mass is 9.78. The lowest BCUT2D eigenvalue weighted by molar-refractivity contribution is -0.148. The number of hydrogen-bond acceptors (Lipinski definition) is 4. The summed E-state index contributed by atoms with van der Waals surface area (Å²) in [7, 11) is 0. The van der Waals surface area contributed by atoms with Crippen LogP contribution in [0.15, 0.2) is 12.3 Å². The molecule has 0 bridgehead atoms. The van der Waals surface area contributed by atoms with Gasteiger partial charge in [-0.05, 0) is 51.5 Å². The first-order valence-electron chi connectivity index (χ1n) is 9.05. The molecule has 5 nitrogen and oxygen atoms in total. The second kappa shape index (κ2) is 8.47. The minimum absolute atomic E-state index is 0.0483. The van der Waals surface area contributed by atoms with Crippen molar-refractivity contribution in [1.82, 2.24) is 4.98 Å². The first-order chi connectivity index (χ1) is 11.5. The summed E-state index contributed by atoms with van der Waals surface area (Å²) in [5.41, 5.74) is 0.897. The molecule has 24 heavy (non-hydrogen) atoms. The number of nitrogens with one attached hydrogen (secondary N) is 1. The van der Waals surface area contributed by atoms with E-state index in [9.17, 15) is 4.79 Å². The summed E-state index contributed by atoms with van der Waals surface area (Å²) in [5, 5.41) is 3.01. The van der Waals surface area contributed by atoms with Crippen molar-refractivity contribution in [3.05, 3.63) is 17.8 Å². The molecule has 1 aromatic heterocycles. The minimum atomic E-state index is -0.708. The smallest absolute Gasteiger partial charge is 0.256 e. The van der Waals surface area contributed by atoms with E-state index in [1.54, 1.807) is 6.20 Å². The maximum Gasteiger partial charge on any atom is 0.256 e. The molecule has 1 heterocycles. The van der Waals surface area contributed by atoms with Crippen LogP contribution in [0, 0.1) is 12.8 Å². The van der Waals surface area contributed by atoms with Crippen molar-refractivity contribution < 1.29 is 14.3 Å². The quantitative estimate of drug-likeness (QED) is 0.815. The van der Waals surface area contributed by atoms with E-state index in [0.29, 0.717) is 30.7 Å². The lowest BCUT2D eigenvalue weighted by Crippen LogP contribution is -2.48. The van der Waals surface area contributed by atoms with Gasteiger partial charge in [0.2, 0.25) is 5.88 Å². The lowest BCUT2D eigenvalue weighted by Gasteiger charge is -2.38. The highest BCUT2D eigenvalue weighted by Gasteiger charge is 2.42. The molecule has 2 rings (SSSR count). The first kappa shape index (κ1) is 18.7. The van der Waals surface area contributed by atoms with Gasteiger partial charge in [-0.25, -0.2) is 4.98 Å². The third-order valence-electron chi connectivity index (χ3n) is 4.52. The standard InChI is InChI=1S/C19H30N2O3/c1-5-10-24-19(9-7-8-14(3)12-19)18(22)21-16-11-15(4)17(20-13-16)23-6-2/h11,13-14H,5-10,12H2,1-4H3,(H,21,22)/t14-,19+/m1/s1. The van der Waals surface area contributed by atoms with Crippen LogP contribution < -0.4 is 10.1 Å². The number of nitrogens with zero attached hydrogens (tertiary/aromatic N) is 1. The van der Waals surface area contributed by atoms with Gasteiger partial charge in [-0.15, -0.1) is 0 Å². The zero-order valence-corrected chi connectivity index (χ0v) is 15.4. The van der Waals surface area contributed by atoms with Gasteiger partial charge in [0.05, 0.1) is 18.5 Å². The number of anilines is 1. The van der Waals surface area contributed by atoms with Crippen LogP contribution in [0.2, 0.25) is 0 Å². The predicted molar refractivity (Wildman–Crippen MR) is 95.4 cm³/mol. The maximum atomic E-state index is 13.0. The van der Waals surface area contributed by atoms with Crippen LogP contribution in [0.5, 0.6) is 5.88 Å². The second-order valence-electron chi connectivity index (χ2n) is 6.78. The number of rotatable bonds is 7. The molecular weight excluding hydrogens is 304 g/mol. The zero-order chi connectivity index (χ0) is 17.6. The Bertz CT molecular complexity index is 562. The number of carbonyl (C=O) groups is 1. The van der Waals surface area contributed by atoms with Gasteiger partial charge in [0.1, 0.15) is 5.60 Å². The molecule has 0 spiro atoms. The molecule has 1 N–H and O–H groups in total. The van der Waals surface area contributed by atoms with Crippen molar-refractivity contribution in [2.45, 2.75) is 65.4 Å². The van der Waals surface area contributed by atoms with Crippen LogP contribution in [-0.2, 0) is 9.53 Å². The molecule has 1 fully saturated rings. The Labute approximate surface area is 145 Å². The van der Waals surface area contributed by atoms with E-state index in [4.69, 9.17) is 9.47 Å². The summed E-state index contributed by atoms with van der Waals surface area (Å²) in [4.78, 5) is 17.3. The second-order valence-corrected chi connectivity index (χ2v) is 6.78. The molecule has 0 aliphatic heterocycles. The fraction of sp³-hybridized carbons (Fsp3) is 0.684. The van der Waals surface area contributed by atoms with E-state index in [2.05, 4.69) is 24.1 Å². The number of ether oxygens (including phenoxy) is 2. The topological polar surface area (TPSA) is 60.5 Å². The van der Waals surface area contributed by atoms with Crippen molar-refractivity contribution in [2.24, 2.45) is 5.92 Å². The van der Waals surface area contributed by atoms with Crippen LogP contribution in [0.4, 0.5) is 5.69 Å². The molecule has 0 unspecified atom stereocenters. The van der Waals surface area contributed by atoms with E-state index in [1.807, 2.05) is 19.9 Å². The Morgan fingerprint density at radius 3 is 2.88 bits per heavy atom. The summed E-state index contributed by atoms with van der Waals surface area (Å²) in [5.74, 6) is 1.06. The average Bonchev–Trinajstić information content (AvgIpc) is 2.55. The Morgan fingerprint density at radius 1 is 1.46 bits per heavy atom. The number of amides is 1. The summed E-state index contributed by atoms with van der Waals surface area (Å²) in [6.07, 6.45) is 6.31. The zero-order valence-electron chi connectivity index (χ0n) is 15.4. The van der Waals surface area contributed by atoms with Crippen molar-refractivity contribution in [1.29, 1.82) is 0 Å². The molecule has 5 heteroatoms. The Kier molecular flexibility index (Phi) is 6.60. The Hall–Kier alpha value is -1.62. The predicted octanol–water partition coefficient (Wildman–Crippen LogP) is 4.10. The molecule has 2 atom stereocenters. The van der Waals surface area contributed by atoms with Gasteiger partial charge in [-0.3, -0.25) is 4.79 Å². The number of hydrogen-bond donors (Lipinski definition) is 1. The SMILES string of the molecule is CCCO[C@@]1(C(=O)Nc2cnc(OCC)c(C)c2)CCC[C@@H](C)C1. The van der Waals surface area contributed by atoms with Gasteiger partial charge >= 0.3 is 0 Å². The van der Waals surface area contributed by atoms with Gasteiger partial charge in [-0.2, -0.15) is 0 Å². The van der Waals surface area contributed by atoms with Gasteiger partial charge in [-0.1, -0.05) is 20.3 Å². The van der Waals surface area contributed by atoms with E-state index in [-0.39, 0.29) is 5.91 Å². The molecule has 1 amide bonds. The van der Waals surface area contributed by atoms with Gasteiger partial charge in [0.25, 0.3) is 5.91 Å². The molecule has 134 valence electrons. The molecule has 0 radical (unpaired) electrons. The van der Waals surface area contributed by atoms with Crippen LogP contribution in [0.1, 0.15) is 58.4 Å². The highest BCUT2D eigenvalue weighted by Crippen LogP contribution is 2.36. The molecule has 1 aliphatic carbocycles. The number of pyridine rings is 1. The summed E-state index contributed by atoms with van der Waals surface area (Å²) in [6.45, 7) is 9.30. The third kappa shape index (κ3) is 4.47. The Balaban J connectivity index is 2.13. The highest BCUT2D eigenvalue weighted by atomic mass is 16.5. The fourth-order valence-corrected chi connectivity index (χ4v) is 3.37. The van der Waals surface area contributed by atoms with Crippen molar-refractivity contribution in [3.8, 4) is 5.88 Å². The fourth-order valence-electron chi connectivity index (χ4n) is 3.37. The molecular formula is C19H30N2O3. The summed E-state index contributed by atoms with van der Waals surface area (Å²) < 4.78 is 11.5. The van der Waals surface area contributed by atoms with E-state index < -0.39 is 5.60 Å². The number of aromatic nitrogens is 1. The number of carbonyl (C=O) groups excluding carboxylic acids is 1. The molecule has 0 saturated heterocycles. The van der Waals surface area contributed by atoms with Crippen LogP contribution in [0.25, 0.3) is 0 Å². The van der Waals surface area contributed by atoms with E-state index in [1.165, 1.54) is 0 Å². The monoisotopic (exact) mass is 334 g/mol. The average molecular weight is 334 g/mol. The maximum absolute atomic E-state index is 13.0. The van der Waals surface area contributed by atoms with Gasteiger partial charge in [0.15, 0.2) is 0 Å². The van der Waals surface area contributed by atoms with Gasteiger partial charge in [0, 0.05) is 12.2 Å². The highest BCUT2D eigenvalue weighted by molar-refractivity contribution is 5.97. The van der Waals surface area contributed by atoms with Crippen molar-refractivity contribution in [3.63, 3.8) is 0 Å². The normalized spacial score (nSPS) is 23.8. The van der Waals surface area contributed by atoms with Crippen LogP contribution >= 0.6 is 0 Å². The summed E-state index contributed by atoms with van der Waals surface area (Å²) >= 11 is 0.